The van der Waals surface area contributed by atoms with Crippen molar-refractivity contribution in [1.29, 1.82) is 5.26 Å². The lowest BCUT2D eigenvalue weighted by atomic mass is 9.90. The first kappa shape index (κ1) is 13.3. The van der Waals surface area contributed by atoms with Crippen LogP contribution in [0.1, 0.15) is 25.7 Å². The van der Waals surface area contributed by atoms with Gasteiger partial charge in [-0.3, -0.25) is 0 Å². The van der Waals surface area contributed by atoms with Gasteiger partial charge in [0, 0.05) is 11.3 Å². The number of rotatable bonds is 3. The second-order valence-corrected chi connectivity index (χ2v) is 6.33. The molecule has 104 valence electrons. The van der Waals surface area contributed by atoms with Gasteiger partial charge in [-0.1, -0.05) is 24.6 Å². The van der Waals surface area contributed by atoms with Crippen LogP contribution in [0.2, 0.25) is 0 Å². The van der Waals surface area contributed by atoms with E-state index in [4.69, 9.17) is 4.74 Å². The van der Waals surface area contributed by atoms with Gasteiger partial charge in [-0.05, 0) is 25.0 Å². The molecule has 0 saturated heterocycles. The second kappa shape index (κ2) is 5.76. The molecule has 2 atom stereocenters. The Balaban J connectivity index is 1.82. The summed E-state index contributed by atoms with van der Waals surface area (Å²) >= 11 is 1.71. The molecule has 20 heavy (non-hydrogen) atoms. The Kier molecular flexibility index (Phi) is 3.83. The van der Waals surface area contributed by atoms with E-state index in [2.05, 4.69) is 16.0 Å². The highest BCUT2D eigenvalue weighted by Crippen LogP contribution is 2.36. The van der Waals surface area contributed by atoms with Gasteiger partial charge in [-0.15, -0.1) is 0 Å². The number of aromatic amines is 1. The first-order valence-electron chi connectivity index (χ1n) is 6.90. The van der Waals surface area contributed by atoms with Crippen molar-refractivity contribution >= 4 is 22.8 Å². The maximum absolute atomic E-state index is 9.24. The summed E-state index contributed by atoms with van der Waals surface area (Å²) in [7, 11) is 1.66. The third-order valence-corrected chi connectivity index (χ3v) is 5.08. The Hall–Kier alpha value is -1.67. The quantitative estimate of drug-likeness (QED) is 0.934. The lowest BCUT2D eigenvalue weighted by Gasteiger charge is -2.24. The number of nitrogens with zero attached hydrogens (tertiary/aromatic N) is 2. The normalized spacial score (nSPS) is 22.6. The predicted octanol–water partition coefficient (Wildman–Crippen LogP) is 3.75. The second-order valence-electron chi connectivity index (χ2n) is 5.10. The fourth-order valence-corrected chi connectivity index (χ4v) is 3.93. The molecule has 1 saturated carbocycles. The van der Waals surface area contributed by atoms with Crippen molar-refractivity contribution in [2.75, 3.05) is 7.11 Å². The summed E-state index contributed by atoms with van der Waals surface area (Å²) < 4.78 is 5.22. The van der Waals surface area contributed by atoms with E-state index in [0.29, 0.717) is 5.25 Å². The van der Waals surface area contributed by atoms with E-state index in [1.165, 1.54) is 12.8 Å². The molecule has 1 N–H and O–H groups in total. The maximum Gasteiger partial charge on any atom is 0.166 e. The van der Waals surface area contributed by atoms with Crippen LogP contribution in [0.5, 0.6) is 5.75 Å². The van der Waals surface area contributed by atoms with E-state index >= 15 is 0 Å². The number of thioether (sulfide) groups is 1. The van der Waals surface area contributed by atoms with Crippen LogP contribution in [0, 0.1) is 17.2 Å². The molecule has 0 radical (unpaired) electrons. The van der Waals surface area contributed by atoms with E-state index in [1.807, 2.05) is 18.2 Å². The molecule has 3 rings (SSSR count). The van der Waals surface area contributed by atoms with Crippen molar-refractivity contribution in [2.45, 2.75) is 36.1 Å². The highest BCUT2D eigenvalue weighted by atomic mass is 32.2. The Bertz CT molecular complexity index is 646. The number of methoxy groups -OCH3 is 1. The summed E-state index contributed by atoms with van der Waals surface area (Å²) in [4.78, 5) is 7.92. The van der Waals surface area contributed by atoms with E-state index in [0.717, 1.165) is 34.8 Å². The molecule has 1 aromatic heterocycles. The average Bonchev–Trinajstić information content (AvgIpc) is 2.89. The summed E-state index contributed by atoms with van der Waals surface area (Å²) in [6.07, 6.45) is 4.50. The first-order chi connectivity index (χ1) is 9.80. The minimum Gasteiger partial charge on any atom is -0.497 e. The van der Waals surface area contributed by atoms with E-state index in [-0.39, 0.29) is 5.92 Å². The van der Waals surface area contributed by atoms with Gasteiger partial charge in [0.05, 0.1) is 30.1 Å². The SMILES string of the molecule is COc1ccc2nc(SC3CCCCC3C#N)[nH]c2c1. The van der Waals surface area contributed by atoms with E-state index in [1.54, 1.807) is 18.9 Å². The lowest BCUT2D eigenvalue weighted by molar-refractivity contribution is 0.415. The summed E-state index contributed by atoms with van der Waals surface area (Å²) in [6, 6.07) is 8.27. The van der Waals surface area contributed by atoms with Crippen molar-refractivity contribution < 1.29 is 4.74 Å². The zero-order chi connectivity index (χ0) is 13.9. The third-order valence-electron chi connectivity index (χ3n) is 3.80. The zero-order valence-electron chi connectivity index (χ0n) is 11.4. The Morgan fingerprint density at radius 2 is 2.25 bits per heavy atom. The van der Waals surface area contributed by atoms with Crippen LogP contribution >= 0.6 is 11.8 Å². The molecule has 2 unspecified atom stereocenters. The third kappa shape index (κ3) is 2.61. The Morgan fingerprint density at radius 3 is 3.05 bits per heavy atom. The van der Waals surface area contributed by atoms with Crippen molar-refractivity contribution in [3.05, 3.63) is 18.2 Å². The van der Waals surface area contributed by atoms with Crippen LogP contribution < -0.4 is 4.74 Å². The molecule has 0 spiro atoms. The largest absolute Gasteiger partial charge is 0.497 e. The minimum atomic E-state index is 0.150. The summed E-state index contributed by atoms with van der Waals surface area (Å²) in [5.74, 6) is 0.974. The van der Waals surface area contributed by atoms with E-state index < -0.39 is 0 Å². The number of benzene rings is 1. The minimum absolute atomic E-state index is 0.150. The zero-order valence-corrected chi connectivity index (χ0v) is 12.2. The van der Waals surface area contributed by atoms with Gasteiger partial charge in [-0.25, -0.2) is 4.98 Å². The number of fused-ring (bicyclic) bond motifs is 1. The lowest BCUT2D eigenvalue weighted by Crippen LogP contribution is -2.20. The van der Waals surface area contributed by atoms with Gasteiger partial charge >= 0.3 is 0 Å². The van der Waals surface area contributed by atoms with Crippen LogP contribution in [0.3, 0.4) is 0 Å². The van der Waals surface area contributed by atoms with Crippen LogP contribution in [0.4, 0.5) is 0 Å². The number of H-pyrrole nitrogens is 1. The Labute approximate surface area is 122 Å². The summed E-state index contributed by atoms with van der Waals surface area (Å²) in [5.41, 5.74) is 1.92. The monoisotopic (exact) mass is 287 g/mol. The van der Waals surface area contributed by atoms with Gasteiger partial charge in [0.15, 0.2) is 5.16 Å². The topological polar surface area (TPSA) is 61.7 Å². The number of ether oxygens (including phenoxy) is 1. The summed E-state index contributed by atoms with van der Waals surface area (Å²) in [5, 5.41) is 10.5. The van der Waals surface area contributed by atoms with Gasteiger partial charge in [0.1, 0.15) is 5.75 Å². The maximum atomic E-state index is 9.24. The van der Waals surface area contributed by atoms with Crippen LogP contribution in [-0.4, -0.2) is 22.3 Å². The molecule has 2 aromatic rings. The van der Waals surface area contributed by atoms with E-state index in [9.17, 15) is 5.26 Å². The van der Waals surface area contributed by atoms with Crippen molar-refractivity contribution in [1.82, 2.24) is 9.97 Å². The molecule has 5 heteroatoms. The molecular formula is C15H17N3OS. The fourth-order valence-electron chi connectivity index (χ4n) is 2.68. The molecule has 0 bridgehead atoms. The predicted molar refractivity (Wildman–Crippen MR) is 79.9 cm³/mol. The number of imidazole rings is 1. The van der Waals surface area contributed by atoms with Crippen molar-refractivity contribution in [3.8, 4) is 11.8 Å². The molecule has 0 aliphatic heterocycles. The molecule has 1 aliphatic carbocycles. The van der Waals surface area contributed by atoms with Gasteiger partial charge in [0.25, 0.3) is 0 Å². The summed E-state index contributed by atoms with van der Waals surface area (Å²) in [6.45, 7) is 0. The highest BCUT2D eigenvalue weighted by Gasteiger charge is 2.26. The molecule has 1 aliphatic rings. The number of aromatic nitrogens is 2. The first-order valence-corrected chi connectivity index (χ1v) is 7.78. The molecule has 1 fully saturated rings. The Morgan fingerprint density at radius 1 is 1.40 bits per heavy atom. The van der Waals surface area contributed by atoms with Crippen LogP contribution in [-0.2, 0) is 0 Å². The molecule has 1 heterocycles. The fraction of sp³-hybridized carbons (Fsp3) is 0.467. The smallest absolute Gasteiger partial charge is 0.166 e. The molecule has 4 nitrogen and oxygen atoms in total. The van der Waals surface area contributed by atoms with Gasteiger partial charge in [-0.2, -0.15) is 5.26 Å². The van der Waals surface area contributed by atoms with Crippen LogP contribution in [0.25, 0.3) is 11.0 Å². The van der Waals surface area contributed by atoms with Gasteiger partial charge < -0.3 is 9.72 Å². The number of hydrogen-bond donors (Lipinski definition) is 1. The van der Waals surface area contributed by atoms with Crippen molar-refractivity contribution in [2.24, 2.45) is 5.92 Å². The molecule has 0 amide bonds. The standard InChI is InChI=1S/C15H17N3OS/c1-19-11-6-7-12-13(8-11)18-15(17-12)20-14-5-3-2-4-10(14)9-16/h6-8,10,14H,2-5H2,1H3,(H,17,18). The van der Waals surface area contributed by atoms with Crippen molar-refractivity contribution in [3.63, 3.8) is 0 Å². The molecule has 1 aromatic carbocycles. The number of hydrogen-bond acceptors (Lipinski definition) is 4. The highest BCUT2D eigenvalue weighted by molar-refractivity contribution is 7.99. The molecular weight excluding hydrogens is 270 g/mol. The number of nitriles is 1. The number of nitrogens with one attached hydrogen (secondary N) is 1. The average molecular weight is 287 g/mol. The van der Waals surface area contributed by atoms with Crippen LogP contribution in [0.15, 0.2) is 23.4 Å². The van der Waals surface area contributed by atoms with Gasteiger partial charge in [0.2, 0.25) is 0 Å².